The first-order chi connectivity index (χ1) is 23.1. The number of rotatable bonds is 2. The Labute approximate surface area is 279 Å². The van der Waals surface area contributed by atoms with Crippen LogP contribution in [0.3, 0.4) is 0 Å². The summed E-state index contributed by atoms with van der Waals surface area (Å²) in [5.41, 5.74) is 18.7. The van der Waals surface area contributed by atoms with Gasteiger partial charge in [0.05, 0.1) is 0 Å². The van der Waals surface area contributed by atoms with Crippen LogP contribution in [0, 0.1) is 0 Å². The Bertz CT molecular complexity index is 1730. The lowest BCUT2D eigenvalue weighted by Crippen LogP contribution is -2.14. The molecule has 0 aromatic heterocycles. The average Bonchev–Trinajstić information content (AvgIpc) is 3.58. The lowest BCUT2D eigenvalue weighted by atomic mass is 9.84. The Morgan fingerprint density at radius 1 is 0.583 bits per heavy atom. The van der Waals surface area contributed by atoms with E-state index in [9.17, 15) is 9.59 Å². The second kappa shape index (κ2) is 13.8. The van der Waals surface area contributed by atoms with Gasteiger partial charge in [-0.1, -0.05) is 36.4 Å². The number of nitrogen functional groups attached to an aromatic ring is 2. The molecule has 4 aliphatic rings. The van der Waals surface area contributed by atoms with Gasteiger partial charge in [0.25, 0.3) is 0 Å². The highest BCUT2D eigenvalue weighted by Gasteiger charge is 2.39. The Morgan fingerprint density at radius 2 is 0.917 bits per heavy atom. The van der Waals surface area contributed by atoms with E-state index in [1.54, 1.807) is 0 Å². The number of carboxylic acids is 2. The normalized spacial score (nSPS) is 21.8. The predicted molar refractivity (Wildman–Crippen MR) is 185 cm³/mol. The van der Waals surface area contributed by atoms with Crippen LogP contribution < -0.4 is 20.9 Å². The van der Waals surface area contributed by atoms with Crippen molar-refractivity contribution < 1.29 is 29.3 Å². The van der Waals surface area contributed by atoms with Gasteiger partial charge in [0.1, 0.15) is 23.0 Å². The summed E-state index contributed by atoms with van der Waals surface area (Å²) in [4.78, 5) is 23.9. The van der Waals surface area contributed by atoms with E-state index in [2.05, 4.69) is 72.4 Å². The summed E-state index contributed by atoms with van der Waals surface area (Å²) in [6.45, 7) is 4.25. The first kappa shape index (κ1) is 32.6. The third kappa shape index (κ3) is 7.00. The van der Waals surface area contributed by atoms with Crippen molar-refractivity contribution in [2.75, 3.05) is 51.7 Å². The Balaban J connectivity index is 0.000000138. The van der Waals surface area contributed by atoms with Gasteiger partial charge < -0.3 is 41.0 Å². The zero-order chi connectivity index (χ0) is 33.9. The Hall–Kier alpha value is -5.32. The highest BCUT2D eigenvalue weighted by Crippen LogP contribution is 2.51. The number of hydrogen-bond acceptors (Lipinski definition) is 8. The van der Waals surface area contributed by atoms with E-state index < -0.39 is 11.9 Å². The van der Waals surface area contributed by atoms with E-state index in [0.717, 1.165) is 60.6 Å². The third-order valence-electron chi connectivity index (χ3n) is 9.32. The molecule has 48 heavy (non-hydrogen) atoms. The number of carbonyl (C=O) groups is 2. The van der Waals surface area contributed by atoms with Gasteiger partial charge in [-0.3, -0.25) is 0 Å². The molecule has 0 unspecified atom stereocenters. The summed E-state index contributed by atoms with van der Waals surface area (Å²) in [6, 6.07) is 28.8. The minimum atomic E-state index is -1.26. The zero-order valence-electron chi connectivity index (χ0n) is 27.0. The largest absolute Gasteiger partial charge is 0.478 e. The monoisotopic (exact) mass is 648 g/mol. The van der Waals surface area contributed by atoms with Crippen molar-refractivity contribution in [3.63, 3.8) is 0 Å². The first-order valence-corrected chi connectivity index (χ1v) is 15.9. The molecule has 4 aromatic rings. The number of likely N-dealkylation sites (N-methyl/N-ethyl adjacent to an activating group) is 2. The molecule has 6 N–H and O–H groups in total. The number of likely N-dealkylation sites (tertiary alicyclic amines) is 2. The summed E-state index contributed by atoms with van der Waals surface area (Å²) in [5.74, 6) is 3.26. The van der Waals surface area contributed by atoms with Crippen LogP contribution in [0.25, 0.3) is 0 Å². The van der Waals surface area contributed by atoms with Crippen LogP contribution in [0.4, 0.5) is 11.4 Å². The van der Waals surface area contributed by atoms with Crippen LogP contribution in [-0.2, 0) is 9.59 Å². The van der Waals surface area contributed by atoms with Crippen LogP contribution in [0.15, 0.2) is 97.1 Å². The van der Waals surface area contributed by atoms with E-state index in [4.69, 9.17) is 31.2 Å². The molecule has 4 heterocycles. The molecule has 4 atom stereocenters. The fourth-order valence-electron chi connectivity index (χ4n) is 7.30. The maximum atomic E-state index is 9.55. The Morgan fingerprint density at radius 3 is 1.29 bits per heavy atom. The molecular weight excluding hydrogens is 608 g/mol. The van der Waals surface area contributed by atoms with Crippen LogP contribution in [-0.4, -0.2) is 72.2 Å². The van der Waals surface area contributed by atoms with Gasteiger partial charge in [0.2, 0.25) is 0 Å². The number of anilines is 2. The lowest BCUT2D eigenvalue weighted by molar-refractivity contribution is -0.134. The van der Waals surface area contributed by atoms with Crippen molar-refractivity contribution in [3.05, 3.63) is 119 Å². The molecule has 8 rings (SSSR count). The fourth-order valence-corrected chi connectivity index (χ4v) is 7.30. The fraction of sp³-hybridized carbons (Fsp3) is 0.263. The average molecular weight is 649 g/mol. The third-order valence-corrected chi connectivity index (χ3v) is 9.32. The minimum Gasteiger partial charge on any atom is -0.478 e. The standard InChI is InChI=1S/2C17H18N2O.C4H4O4/c2*1-19-9-14-12-4-2-3-5-16(12)20-17-7-6-11(18)8-13(17)15(14)10-19;5-3(6)1-2-4(7)8/h2*2-8,14-15H,9-10,18H2,1H3;1-2H,(H,5,6)(H,7,8)/b;;2-1-/t2*14-,15-;/m11./s1. The zero-order valence-corrected chi connectivity index (χ0v) is 27.0. The molecule has 248 valence electrons. The molecule has 10 nitrogen and oxygen atoms in total. The second-order valence-electron chi connectivity index (χ2n) is 12.8. The van der Waals surface area contributed by atoms with Gasteiger partial charge in [0, 0.05) is 84.5 Å². The van der Waals surface area contributed by atoms with Crippen molar-refractivity contribution in [2.24, 2.45) is 0 Å². The molecule has 0 bridgehead atoms. The first-order valence-electron chi connectivity index (χ1n) is 15.9. The summed E-state index contributed by atoms with van der Waals surface area (Å²) in [7, 11) is 4.37. The molecule has 0 saturated carbocycles. The number of nitrogens with zero attached hydrogens (tertiary/aromatic N) is 2. The highest BCUT2D eigenvalue weighted by atomic mass is 16.5. The maximum Gasteiger partial charge on any atom is 0.328 e. The number of hydrogen-bond donors (Lipinski definition) is 4. The van der Waals surface area contributed by atoms with E-state index in [1.165, 1.54) is 22.3 Å². The molecule has 10 heteroatoms. The molecule has 0 spiro atoms. The van der Waals surface area contributed by atoms with E-state index >= 15 is 0 Å². The van der Waals surface area contributed by atoms with Crippen molar-refractivity contribution in [2.45, 2.75) is 23.7 Å². The smallest absolute Gasteiger partial charge is 0.328 e. The van der Waals surface area contributed by atoms with Crippen molar-refractivity contribution in [3.8, 4) is 23.0 Å². The van der Waals surface area contributed by atoms with Gasteiger partial charge >= 0.3 is 11.9 Å². The molecule has 2 fully saturated rings. The van der Waals surface area contributed by atoms with Gasteiger partial charge in [-0.2, -0.15) is 0 Å². The van der Waals surface area contributed by atoms with E-state index in [1.807, 2.05) is 36.4 Å². The number of ether oxygens (including phenoxy) is 2. The summed E-state index contributed by atoms with van der Waals surface area (Å²) >= 11 is 0. The number of benzene rings is 4. The number of para-hydroxylation sites is 2. The highest BCUT2D eigenvalue weighted by molar-refractivity contribution is 5.89. The van der Waals surface area contributed by atoms with Crippen molar-refractivity contribution in [1.82, 2.24) is 9.80 Å². The second-order valence-corrected chi connectivity index (χ2v) is 12.8. The molecule has 2 saturated heterocycles. The summed E-state index contributed by atoms with van der Waals surface area (Å²) in [6.07, 6.45) is 1.12. The number of aliphatic carboxylic acids is 2. The lowest BCUT2D eigenvalue weighted by Gasteiger charge is -2.17. The van der Waals surface area contributed by atoms with Crippen LogP contribution in [0.1, 0.15) is 45.9 Å². The van der Waals surface area contributed by atoms with Crippen molar-refractivity contribution in [1.29, 1.82) is 0 Å². The number of nitrogens with two attached hydrogens (primary N) is 2. The number of fused-ring (bicyclic) bond motifs is 10. The maximum absolute atomic E-state index is 9.55. The van der Waals surface area contributed by atoms with Crippen LogP contribution >= 0.6 is 0 Å². The van der Waals surface area contributed by atoms with Gasteiger partial charge in [-0.05, 0) is 73.8 Å². The molecule has 4 aliphatic heterocycles. The van der Waals surface area contributed by atoms with Crippen LogP contribution in [0.5, 0.6) is 23.0 Å². The summed E-state index contributed by atoms with van der Waals surface area (Å²) < 4.78 is 12.3. The topological polar surface area (TPSA) is 152 Å². The van der Waals surface area contributed by atoms with Crippen molar-refractivity contribution >= 4 is 23.3 Å². The number of carboxylic acid groups (broad SMARTS) is 2. The van der Waals surface area contributed by atoms with E-state index in [0.29, 0.717) is 35.8 Å². The van der Waals surface area contributed by atoms with Gasteiger partial charge in [0.15, 0.2) is 0 Å². The Kier molecular flexibility index (Phi) is 9.38. The minimum absolute atomic E-state index is 0.460. The molecule has 4 aromatic carbocycles. The quantitative estimate of drug-likeness (QED) is 0.149. The summed E-state index contributed by atoms with van der Waals surface area (Å²) in [5, 5.41) is 15.6. The molecule has 0 radical (unpaired) electrons. The van der Waals surface area contributed by atoms with Gasteiger partial charge in [-0.25, -0.2) is 9.59 Å². The SMILES string of the molecule is CN1C[C@@H]2c3ccccc3Oc3ccc(N)cc3[C@H]2C1.CN1C[C@@H]2c3ccccc3Oc3ccc(N)cc3[C@H]2C1.O=C(O)/C=C\C(=O)O. The predicted octanol–water partition coefficient (Wildman–Crippen LogP) is 6.09. The molecule has 0 amide bonds. The van der Waals surface area contributed by atoms with Crippen LogP contribution in [0.2, 0.25) is 0 Å². The van der Waals surface area contributed by atoms with E-state index in [-0.39, 0.29) is 0 Å². The molecule has 0 aliphatic carbocycles. The molecular formula is C38H40N4O6. The van der Waals surface area contributed by atoms with Gasteiger partial charge in [-0.15, -0.1) is 0 Å².